The molecule has 0 radical (unpaired) electrons. The van der Waals surface area contributed by atoms with E-state index in [9.17, 15) is 9.59 Å². The topological polar surface area (TPSA) is 123 Å². The number of carbonyl (C=O) groups is 2. The monoisotopic (exact) mass is 407 g/mol. The van der Waals surface area contributed by atoms with E-state index < -0.39 is 5.97 Å². The maximum atomic E-state index is 10.5. The lowest BCUT2D eigenvalue weighted by Gasteiger charge is -2.05. The number of hydrogen-bond donors (Lipinski definition) is 2. The van der Waals surface area contributed by atoms with Crippen LogP contribution >= 0.6 is 0 Å². The number of fused-ring (bicyclic) bond motifs is 1. The fraction of sp³-hybridized carbons (Fsp3) is 0.190. The van der Waals surface area contributed by atoms with Crippen LogP contribution in [0.5, 0.6) is 0 Å². The predicted octanol–water partition coefficient (Wildman–Crippen LogP) is 3.25. The van der Waals surface area contributed by atoms with E-state index >= 15 is 0 Å². The molecule has 0 spiro atoms. The Labute approximate surface area is 172 Å². The highest BCUT2D eigenvalue weighted by atomic mass is 16.5. The number of imidazole rings is 1. The number of carbonyl (C=O) groups excluding carboxylic acids is 1. The summed E-state index contributed by atoms with van der Waals surface area (Å²) in [4.78, 5) is 29.1. The molecule has 4 rings (SSSR count). The Morgan fingerprint density at radius 3 is 2.87 bits per heavy atom. The fourth-order valence-electron chi connectivity index (χ4n) is 2.76. The van der Waals surface area contributed by atoms with Gasteiger partial charge in [-0.15, -0.1) is 0 Å². The highest BCUT2D eigenvalue weighted by Gasteiger charge is 2.11. The van der Waals surface area contributed by atoms with Crippen LogP contribution in [-0.4, -0.2) is 43.9 Å². The first-order chi connectivity index (χ1) is 14.5. The van der Waals surface area contributed by atoms with Gasteiger partial charge in [-0.2, -0.15) is 4.98 Å². The molecule has 0 aliphatic carbocycles. The summed E-state index contributed by atoms with van der Waals surface area (Å²) in [5, 5.41) is 15.6. The number of aromatic nitrogens is 4. The first-order valence-corrected chi connectivity index (χ1v) is 9.22. The Kier molecular flexibility index (Phi) is 6.53. The second kappa shape index (κ2) is 9.46. The van der Waals surface area contributed by atoms with Gasteiger partial charge in [0.25, 0.3) is 0 Å². The van der Waals surface area contributed by atoms with Gasteiger partial charge in [-0.3, -0.25) is 14.0 Å². The Bertz CT molecular complexity index is 1170. The molecule has 0 bridgehead atoms. The zero-order valence-corrected chi connectivity index (χ0v) is 16.6. The smallest absolute Gasteiger partial charge is 0.303 e. The minimum atomic E-state index is -0.882. The van der Waals surface area contributed by atoms with Crippen molar-refractivity contribution >= 4 is 23.6 Å². The van der Waals surface area contributed by atoms with Crippen molar-refractivity contribution in [3.8, 4) is 11.4 Å². The Hall–Kier alpha value is -4.01. The predicted molar refractivity (Wildman–Crippen MR) is 111 cm³/mol. The third-order valence-electron chi connectivity index (χ3n) is 4.35. The summed E-state index contributed by atoms with van der Waals surface area (Å²) in [6.45, 7) is 2.00. The van der Waals surface area contributed by atoms with Crippen molar-refractivity contribution in [1.29, 1.82) is 0 Å². The number of aldehydes is 1. The number of pyridine rings is 1. The van der Waals surface area contributed by atoms with Crippen LogP contribution in [0.15, 0.2) is 53.3 Å². The van der Waals surface area contributed by atoms with Gasteiger partial charge in [0.1, 0.15) is 11.3 Å². The number of nitrogens with zero attached hydrogens (tertiary/aromatic N) is 4. The molecule has 9 nitrogen and oxygen atoms in total. The number of aryl methyl sites for hydroxylation is 2. The van der Waals surface area contributed by atoms with Crippen molar-refractivity contribution in [1.82, 2.24) is 19.5 Å². The van der Waals surface area contributed by atoms with E-state index in [4.69, 9.17) is 9.63 Å². The molecule has 0 atom stereocenters. The highest BCUT2D eigenvalue weighted by molar-refractivity contribution is 5.73. The second-order valence-corrected chi connectivity index (χ2v) is 6.41. The molecule has 0 saturated heterocycles. The highest BCUT2D eigenvalue weighted by Crippen LogP contribution is 2.23. The Balaban J connectivity index is 0.000000196. The summed E-state index contributed by atoms with van der Waals surface area (Å²) in [5.41, 5.74) is 4.34. The van der Waals surface area contributed by atoms with Crippen LogP contribution in [0.1, 0.15) is 28.4 Å². The number of hydrogen-bond acceptors (Lipinski definition) is 7. The van der Waals surface area contributed by atoms with E-state index in [2.05, 4.69) is 20.4 Å². The Morgan fingerprint density at radius 1 is 1.30 bits per heavy atom. The van der Waals surface area contributed by atoms with Gasteiger partial charge in [0.05, 0.1) is 12.6 Å². The van der Waals surface area contributed by atoms with E-state index in [1.165, 1.54) is 0 Å². The second-order valence-electron chi connectivity index (χ2n) is 6.41. The summed E-state index contributed by atoms with van der Waals surface area (Å²) in [7, 11) is 1.85. The van der Waals surface area contributed by atoms with Gasteiger partial charge in [-0.05, 0) is 30.7 Å². The fourth-order valence-corrected chi connectivity index (χ4v) is 2.76. The van der Waals surface area contributed by atoms with Gasteiger partial charge < -0.3 is 14.9 Å². The van der Waals surface area contributed by atoms with Gasteiger partial charge in [-0.1, -0.05) is 23.4 Å². The molecular formula is C21H21N5O4. The molecular weight excluding hydrogens is 386 g/mol. The number of rotatable bonds is 6. The van der Waals surface area contributed by atoms with E-state index in [1.807, 2.05) is 56.6 Å². The molecule has 0 aliphatic rings. The molecule has 0 fully saturated rings. The van der Waals surface area contributed by atoms with Crippen LogP contribution in [0, 0.1) is 6.92 Å². The molecule has 2 N–H and O–H groups in total. The molecule has 0 unspecified atom stereocenters. The molecule has 0 amide bonds. The van der Waals surface area contributed by atoms with Crippen molar-refractivity contribution in [2.45, 2.75) is 19.8 Å². The third kappa shape index (κ3) is 4.88. The lowest BCUT2D eigenvalue weighted by atomic mass is 10.1. The number of nitrogens with one attached hydrogen (secondary N) is 1. The molecule has 9 heteroatoms. The Morgan fingerprint density at radius 2 is 2.13 bits per heavy atom. The van der Waals surface area contributed by atoms with E-state index in [0.717, 1.165) is 28.7 Å². The maximum absolute atomic E-state index is 10.5. The molecule has 1 aromatic carbocycles. The number of carboxylic acids is 1. The molecule has 0 aliphatic heterocycles. The lowest BCUT2D eigenvalue weighted by Crippen LogP contribution is -1.97. The number of aliphatic carboxylic acids is 1. The van der Waals surface area contributed by atoms with E-state index in [0.29, 0.717) is 17.4 Å². The van der Waals surface area contributed by atoms with Gasteiger partial charge in [0, 0.05) is 30.9 Å². The van der Waals surface area contributed by atoms with Crippen LogP contribution in [0.3, 0.4) is 0 Å². The lowest BCUT2D eigenvalue weighted by molar-refractivity contribution is -0.137. The summed E-state index contributed by atoms with van der Waals surface area (Å²) in [6.07, 6.45) is 4.39. The molecule has 30 heavy (non-hydrogen) atoms. The largest absolute Gasteiger partial charge is 0.481 e. The minimum absolute atomic E-state index is 0.0166. The first kappa shape index (κ1) is 20.7. The average Bonchev–Trinajstić information content (AvgIpc) is 3.40. The molecule has 4 aromatic rings. The van der Waals surface area contributed by atoms with Gasteiger partial charge in [0.15, 0.2) is 6.29 Å². The summed E-state index contributed by atoms with van der Waals surface area (Å²) in [5.74, 6) is -0.0755. The number of anilines is 1. The number of carboxylic acid groups (broad SMARTS) is 1. The van der Waals surface area contributed by atoms with Gasteiger partial charge >= 0.3 is 5.97 Å². The van der Waals surface area contributed by atoms with Crippen molar-refractivity contribution in [2.24, 2.45) is 0 Å². The van der Waals surface area contributed by atoms with Crippen LogP contribution in [0.4, 0.5) is 5.69 Å². The third-order valence-corrected chi connectivity index (χ3v) is 4.35. The molecule has 3 heterocycles. The summed E-state index contributed by atoms with van der Waals surface area (Å²) >= 11 is 0. The maximum Gasteiger partial charge on any atom is 0.303 e. The van der Waals surface area contributed by atoms with Crippen molar-refractivity contribution in [3.05, 3.63) is 65.9 Å². The van der Waals surface area contributed by atoms with Crippen molar-refractivity contribution in [3.63, 3.8) is 0 Å². The van der Waals surface area contributed by atoms with Crippen molar-refractivity contribution in [2.75, 3.05) is 12.4 Å². The van der Waals surface area contributed by atoms with E-state index in [-0.39, 0.29) is 12.8 Å². The van der Waals surface area contributed by atoms with Crippen LogP contribution < -0.4 is 5.32 Å². The quantitative estimate of drug-likeness (QED) is 0.467. The van der Waals surface area contributed by atoms with Gasteiger partial charge in [-0.25, -0.2) is 4.98 Å². The SMILES string of the molecule is CNc1cc(-c2noc(CCC(=O)O)n2)ccc1C.O=Cc1cnc2ccccn12. The standard InChI is InChI=1S/C13H15N3O3.C8H6N2O/c1-8-3-4-9(7-10(8)14-2)13-15-11(19-16-13)5-6-12(17)18;11-6-7-5-9-8-3-1-2-4-10(7)8/h3-4,7,14H,5-6H2,1-2H3,(H,17,18);1-6H. The zero-order valence-electron chi connectivity index (χ0n) is 16.6. The summed E-state index contributed by atoms with van der Waals surface area (Å²) < 4.78 is 6.77. The molecule has 0 saturated carbocycles. The van der Waals surface area contributed by atoms with Crippen LogP contribution in [-0.2, 0) is 11.2 Å². The number of benzene rings is 1. The van der Waals surface area contributed by atoms with E-state index in [1.54, 1.807) is 10.6 Å². The molecule has 3 aromatic heterocycles. The van der Waals surface area contributed by atoms with Gasteiger partial charge in [0.2, 0.25) is 11.7 Å². The molecule has 154 valence electrons. The normalized spacial score (nSPS) is 10.3. The van der Waals surface area contributed by atoms with Crippen molar-refractivity contribution < 1.29 is 19.2 Å². The minimum Gasteiger partial charge on any atom is -0.481 e. The van der Waals surface area contributed by atoms with Crippen LogP contribution in [0.2, 0.25) is 0 Å². The summed E-state index contributed by atoms with van der Waals surface area (Å²) in [6, 6.07) is 11.4. The first-order valence-electron chi connectivity index (χ1n) is 9.22. The zero-order chi connectivity index (χ0) is 21.5. The average molecular weight is 407 g/mol. The van der Waals surface area contributed by atoms with Crippen LogP contribution in [0.25, 0.3) is 17.0 Å².